The molecule has 0 heterocycles. The summed E-state index contributed by atoms with van der Waals surface area (Å²) in [5.74, 6) is -5.39. The smallest absolute Gasteiger partial charge is 0.331 e. The topological polar surface area (TPSA) is 277 Å². The van der Waals surface area contributed by atoms with Crippen LogP contribution in [0.2, 0.25) is 0 Å². The van der Waals surface area contributed by atoms with Crippen LogP contribution in [0.4, 0.5) is 0 Å². The molecule has 0 aliphatic carbocycles. The number of ether oxygens (including phenoxy) is 2. The molecule has 12 N–H and O–H groups in total. The number of hydrogen-bond donors (Lipinski definition) is 6. The Morgan fingerprint density at radius 1 is 0.562 bits per heavy atom. The molecule has 0 bridgehead atoms. The first kappa shape index (κ1) is 29.8. The third-order valence-electron chi connectivity index (χ3n) is 3.60. The van der Waals surface area contributed by atoms with E-state index in [0.29, 0.717) is 0 Å². The monoisotopic (exact) mass is 496 g/mol. The van der Waals surface area contributed by atoms with E-state index in [4.69, 9.17) is 34.4 Å². The summed E-state index contributed by atoms with van der Waals surface area (Å²) >= 11 is 0. The second kappa shape index (κ2) is 15.5. The van der Waals surface area contributed by atoms with Gasteiger partial charge in [0.05, 0.1) is 0 Å². The first-order valence-corrected chi connectivity index (χ1v) is 11.7. The van der Waals surface area contributed by atoms with E-state index in [-0.39, 0.29) is 37.2 Å². The van der Waals surface area contributed by atoms with Crippen molar-refractivity contribution in [1.82, 2.24) is 0 Å². The highest BCUT2D eigenvalue weighted by Crippen LogP contribution is 2.22. The van der Waals surface area contributed by atoms with Crippen LogP contribution in [0.3, 0.4) is 0 Å². The Kier molecular flexibility index (Phi) is 14.5. The number of carbonyl (C=O) groups is 6. The minimum absolute atomic E-state index is 0.00595. The zero-order chi connectivity index (χ0) is 24.8. The molecule has 0 aromatic rings. The van der Waals surface area contributed by atoms with E-state index in [2.05, 4.69) is 9.47 Å². The van der Waals surface area contributed by atoms with Crippen LogP contribution in [-0.4, -0.2) is 71.4 Å². The molecule has 14 nitrogen and oxygen atoms in total. The molecule has 2 amide bonds. The third kappa shape index (κ3) is 13.2. The molecule has 32 heavy (non-hydrogen) atoms. The van der Waals surface area contributed by atoms with Crippen molar-refractivity contribution in [3.05, 3.63) is 0 Å². The van der Waals surface area contributed by atoms with Gasteiger partial charge in [0.2, 0.25) is 11.8 Å². The molecular formula is C16H28N6O8S2. The van der Waals surface area contributed by atoms with Crippen LogP contribution >= 0.6 is 21.6 Å². The molecule has 0 unspecified atom stereocenters. The van der Waals surface area contributed by atoms with Crippen LogP contribution in [0.5, 0.6) is 0 Å². The molecular weight excluding hydrogens is 468 g/mol. The molecule has 0 aromatic heterocycles. The lowest BCUT2D eigenvalue weighted by molar-refractivity contribution is -0.163. The molecule has 0 rings (SSSR count). The van der Waals surface area contributed by atoms with Crippen molar-refractivity contribution in [2.45, 2.75) is 49.9 Å². The molecule has 0 saturated heterocycles. The van der Waals surface area contributed by atoms with Gasteiger partial charge in [0.1, 0.15) is 24.2 Å². The Hall–Kier alpha value is -2.24. The second-order valence-electron chi connectivity index (χ2n) is 6.49. The first-order valence-electron chi connectivity index (χ1n) is 9.19. The lowest BCUT2D eigenvalue weighted by Gasteiger charge is -2.14. The maximum Gasteiger partial charge on any atom is 0.331 e. The minimum Gasteiger partial charge on any atom is -0.391 e. The molecule has 0 radical (unpaired) electrons. The highest BCUT2D eigenvalue weighted by atomic mass is 33.1. The van der Waals surface area contributed by atoms with E-state index >= 15 is 0 Å². The quantitative estimate of drug-likeness (QED) is 0.0551. The maximum atomic E-state index is 11.8. The fraction of sp³-hybridized carbons (Fsp3) is 0.625. The van der Waals surface area contributed by atoms with Crippen LogP contribution in [-0.2, 0) is 38.2 Å². The Labute approximate surface area is 191 Å². The van der Waals surface area contributed by atoms with Gasteiger partial charge in [-0.2, -0.15) is 0 Å². The van der Waals surface area contributed by atoms with E-state index in [1.165, 1.54) is 0 Å². The zero-order valence-electron chi connectivity index (χ0n) is 17.1. The summed E-state index contributed by atoms with van der Waals surface area (Å²) in [6, 6.07) is -4.74. The largest absolute Gasteiger partial charge is 0.391 e. The molecule has 0 saturated carbocycles. The number of esters is 4. The van der Waals surface area contributed by atoms with Gasteiger partial charge in [0.25, 0.3) is 0 Å². The van der Waals surface area contributed by atoms with Gasteiger partial charge in [-0.15, -0.1) is 0 Å². The lowest BCUT2D eigenvalue weighted by Crippen LogP contribution is -2.41. The molecule has 0 aliphatic heterocycles. The number of hydrogen-bond acceptors (Lipinski definition) is 14. The van der Waals surface area contributed by atoms with Gasteiger partial charge >= 0.3 is 23.9 Å². The maximum absolute atomic E-state index is 11.8. The summed E-state index contributed by atoms with van der Waals surface area (Å²) in [5, 5.41) is 0. The Morgan fingerprint density at radius 2 is 0.844 bits per heavy atom. The molecule has 0 spiro atoms. The summed E-state index contributed by atoms with van der Waals surface area (Å²) in [7, 11) is 2.12. The van der Waals surface area contributed by atoms with Crippen molar-refractivity contribution in [1.29, 1.82) is 0 Å². The number of primary amides is 2. The SMILES string of the molecule is NC(=O)CC[C@H](N)C(=O)OC(=O)[C@@H](N)CSSC[C@H](N)C(=O)OC(=O)[C@@H](N)CCC(N)=O. The van der Waals surface area contributed by atoms with Crippen LogP contribution in [0.15, 0.2) is 0 Å². The minimum atomic E-state index is -1.20. The number of nitrogens with two attached hydrogens (primary N) is 6. The average molecular weight is 497 g/mol. The fourth-order valence-corrected chi connectivity index (χ4v) is 3.93. The zero-order valence-corrected chi connectivity index (χ0v) is 18.7. The molecule has 4 atom stereocenters. The van der Waals surface area contributed by atoms with Gasteiger partial charge in [-0.05, 0) is 12.8 Å². The van der Waals surface area contributed by atoms with E-state index in [1.54, 1.807) is 0 Å². The van der Waals surface area contributed by atoms with Crippen molar-refractivity contribution in [3.63, 3.8) is 0 Å². The van der Waals surface area contributed by atoms with Gasteiger partial charge in [0, 0.05) is 24.3 Å². The molecule has 182 valence electrons. The van der Waals surface area contributed by atoms with Crippen molar-refractivity contribution in [3.8, 4) is 0 Å². The van der Waals surface area contributed by atoms with Gasteiger partial charge in [-0.25, -0.2) is 19.2 Å². The molecule has 0 fully saturated rings. The van der Waals surface area contributed by atoms with Crippen molar-refractivity contribution in [2.24, 2.45) is 34.4 Å². The summed E-state index contributed by atoms with van der Waals surface area (Å²) in [6.45, 7) is 0. The molecule has 0 aromatic carbocycles. The van der Waals surface area contributed by atoms with Crippen LogP contribution in [0.1, 0.15) is 25.7 Å². The van der Waals surface area contributed by atoms with Gasteiger partial charge in [0.15, 0.2) is 0 Å². The Bertz CT molecular complexity index is 652. The summed E-state index contributed by atoms with van der Waals surface area (Å²) in [6.07, 6.45) is -0.436. The second-order valence-corrected chi connectivity index (χ2v) is 9.04. The van der Waals surface area contributed by atoms with Crippen LogP contribution in [0.25, 0.3) is 0 Å². The van der Waals surface area contributed by atoms with E-state index in [9.17, 15) is 28.8 Å². The van der Waals surface area contributed by atoms with Crippen LogP contribution < -0.4 is 34.4 Å². The Balaban J connectivity index is 4.20. The van der Waals surface area contributed by atoms with Crippen molar-refractivity contribution in [2.75, 3.05) is 11.5 Å². The molecule has 0 aliphatic rings. The summed E-state index contributed by atoms with van der Waals surface area (Å²) in [4.78, 5) is 68.3. The summed E-state index contributed by atoms with van der Waals surface area (Å²) < 4.78 is 9.09. The van der Waals surface area contributed by atoms with Gasteiger partial charge in [-0.1, -0.05) is 21.6 Å². The van der Waals surface area contributed by atoms with E-state index in [1.807, 2.05) is 0 Å². The summed E-state index contributed by atoms with van der Waals surface area (Å²) in [5.41, 5.74) is 32.1. The average Bonchev–Trinajstić information content (AvgIpc) is 2.72. The lowest BCUT2D eigenvalue weighted by atomic mass is 10.1. The van der Waals surface area contributed by atoms with Gasteiger partial charge < -0.3 is 43.9 Å². The number of rotatable bonds is 15. The highest BCUT2D eigenvalue weighted by Gasteiger charge is 2.25. The van der Waals surface area contributed by atoms with E-state index in [0.717, 1.165) is 21.6 Å². The standard InChI is InChI=1S/C16H28N6O8S2/c17-7(1-3-11(21)23)13(25)29-15(27)9(19)5-31-32-6-10(20)16(28)30-14(26)8(18)2-4-12(22)24/h7-10H,1-6,17-20H2,(H2,21,23)(H2,22,24)/t7-,8-,9-,10-/m0/s1. The predicted octanol–water partition coefficient (Wildman–Crippen LogP) is -3.65. The van der Waals surface area contributed by atoms with Crippen molar-refractivity contribution >= 4 is 57.3 Å². The normalized spacial score (nSPS) is 14.5. The number of amides is 2. The highest BCUT2D eigenvalue weighted by molar-refractivity contribution is 8.76. The predicted molar refractivity (Wildman–Crippen MR) is 116 cm³/mol. The van der Waals surface area contributed by atoms with Crippen LogP contribution in [0, 0.1) is 0 Å². The number of carbonyl (C=O) groups excluding carboxylic acids is 6. The van der Waals surface area contributed by atoms with Gasteiger partial charge in [-0.3, -0.25) is 9.59 Å². The van der Waals surface area contributed by atoms with Crippen molar-refractivity contribution < 1.29 is 38.2 Å². The fourth-order valence-electron chi connectivity index (χ4n) is 1.71. The molecule has 16 heteroatoms. The first-order chi connectivity index (χ1) is 14.8. The third-order valence-corrected chi connectivity index (χ3v) is 6.07. The van der Waals surface area contributed by atoms with E-state index < -0.39 is 59.9 Å². The Morgan fingerprint density at radius 3 is 1.12 bits per heavy atom.